The molecule has 1 aliphatic rings. The number of nitrogens with two attached hydrogens (primary N) is 2. The van der Waals surface area contributed by atoms with E-state index in [2.05, 4.69) is 17.1 Å². The van der Waals surface area contributed by atoms with Crippen molar-refractivity contribution in [3.05, 3.63) is 0 Å². The number of thioether (sulfide) groups is 1. The number of hydrogen-bond acceptors (Lipinski definition) is 3. The van der Waals surface area contributed by atoms with Gasteiger partial charge in [0, 0.05) is 5.25 Å². The zero-order valence-corrected chi connectivity index (χ0v) is 7.27. The second kappa shape index (κ2) is 3.61. The lowest BCUT2D eigenvalue weighted by Crippen LogP contribution is -2.22. The van der Waals surface area contributed by atoms with E-state index in [4.69, 9.17) is 11.5 Å². The van der Waals surface area contributed by atoms with E-state index in [1.807, 2.05) is 11.8 Å². The standard InChI is InChI=1S/C6H12N4S/c1-4-5(2-3-11-4)9-10-6(7)8/h4H,2-3H2,1H3,(H4,7,8,10)/b9-5+. The van der Waals surface area contributed by atoms with E-state index in [1.165, 1.54) is 0 Å². The van der Waals surface area contributed by atoms with E-state index in [1.54, 1.807) is 0 Å². The Hall–Kier alpha value is -0.710. The van der Waals surface area contributed by atoms with Crippen molar-refractivity contribution >= 4 is 23.4 Å². The first-order valence-corrected chi connectivity index (χ1v) is 4.52. The van der Waals surface area contributed by atoms with Crippen LogP contribution in [0.4, 0.5) is 0 Å². The highest BCUT2D eigenvalue weighted by Gasteiger charge is 2.17. The molecule has 11 heavy (non-hydrogen) atoms. The summed E-state index contributed by atoms with van der Waals surface area (Å²) in [4.78, 5) is 0. The third-order valence-electron chi connectivity index (χ3n) is 1.49. The molecule has 1 fully saturated rings. The van der Waals surface area contributed by atoms with Gasteiger partial charge in [-0.15, -0.1) is 5.10 Å². The summed E-state index contributed by atoms with van der Waals surface area (Å²) in [5, 5.41) is 8.01. The fourth-order valence-corrected chi connectivity index (χ4v) is 1.93. The predicted octanol–water partition coefficient (Wildman–Crippen LogP) is 0.141. The Morgan fingerprint density at radius 1 is 1.64 bits per heavy atom. The largest absolute Gasteiger partial charge is 0.369 e. The molecule has 4 N–H and O–H groups in total. The van der Waals surface area contributed by atoms with Crippen molar-refractivity contribution in [2.24, 2.45) is 21.7 Å². The Morgan fingerprint density at radius 2 is 2.36 bits per heavy atom. The van der Waals surface area contributed by atoms with Gasteiger partial charge in [-0.2, -0.15) is 16.9 Å². The molecule has 0 aromatic rings. The first-order chi connectivity index (χ1) is 5.20. The third kappa shape index (κ3) is 2.42. The second-order valence-electron chi connectivity index (χ2n) is 2.38. The predicted molar refractivity (Wildman–Crippen MR) is 49.8 cm³/mol. The molecule has 0 aromatic carbocycles. The van der Waals surface area contributed by atoms with Crippen LogP contribution in [0.2, 0.25) is 0 Å². The van der Waals surface area contributed by atoms with Crippen LogP contribution in [-0.4, -0.2) is 22.7 Å². The monoisotopic (exact) mass is 172 g/mol. The van der Waals surface area contributed by atoms with E-state index in [0.29, 0.717) is 5.25 Å². The quantitative estimate of drug-likeness (QED) is 0.335. The van der Waals surface area contributed by atoms with Crippen LogP contribution in [0.3, 0.4) is 0 Å². The molecule has 1 unspecified atom stereocenters. The van der Waals surface area contributed by atoms with Crippen molar-refractivity contribution in [1.29, 1.82) is 0 Å². The van der Waals surface area contributed by atoms with Gasteiger partial charge in [-0.3, -0.25) is 0 Å². The molecule has 4 nitrogen and oxygen atoms in total. The van der Waals surface area contributed by atoms with Gasteiger partial charge >= 0.3 is 0 Å². The van der Waals surface area contributed by atoms with Crippen LogP contribution in [0.25, 0.3) is 0 Å². The van der Waals surface area contributed by atoms with Crippen molar-refractivity contribution in [3.63, 3.8) is 0 Å². The Morgan fingerprint density at radius 3 is 2.82 bits per heavy atom. The maximum Gasteiger partial charge on any atom is 0.211 e. The van der Waals surface area contributed by atoms with E-state index in [-0.39, 0.29) is 5.96 Å². The van der Waals surface area contributed by atoms with Crippen molar-refractivity contribution in [3.8, 4) is 0 Å². The molecule has 0 spiro atoms. The van der Waals surface area contributed by atoms with Crippen molar-refractivity contribution < 1.29 is 0 Å². The second-order valence-corrected chi connectivity index (χ2v) is 3.83. The van der Waals surface area contributed by atoms with Crippen LogP contribution < -0.4 is 11.5 Å². The van der Waals surface area contributed by atoms with E-state index in [0.717, 1.165) is 17.9 Å². The van der Waals surface area contributed by atoms with Gasteiger partial charge < -0.3 is 11.5 Å². The summed E-state index contributed by atoms with van der Waals surface area (Å²) in [6, 6.07) is 0. The highest BCUT2D eigenvalue weighted by molar-refractivity contribution is 8.01. The lowest BCUT2D eigenvalue weighted by Gasteiger charge is -1.98. The van der Waals surface area contributed by atoms with Crippen LogP contribution in [0.15, 0.2) is 10.2 Å². The van der Waals surface area contributed by atoms with Gasteiger partial charge in [0.1, 0.15) is 0 Å². The summed E-state index contributed by atoms with van der Waals surface area (Å²) < 4.78 is 0. The minimum Gasteiger partial charge on any atom is -0.369 e. The van der Waals surface area contributed by atoms with Gasteiger partial charge in [0.15, 0.2) is 0 Å². The molecule has 0 amide bonds. The average Bonchev–Trinajstić information content (AvgIpc) is 2.31. The number of hydrogen-bond donors (Lipinski definition) is 2. The molecular weight excluding hydrogens is 160 g/mol. The van der Waals surface area contributed by atoms with Gasteiger partial charge in [0.25, 0.3) is 0 Å². The van der Waals surface area contributed by atoms with E-state index >= 15 is 0 Å². The first kappa shape index (κ1) is 8.39. The van der Waals surface area contributed by atoms with Crippen LogP contribution in [0.1, 0.15) is 13.3 Å². The molecule has 1 saturated heterocycles. The van der Waals surface area contributed by atoms with Crippen molar-refractivity contribution in [2.45, 2.75) is 18.6 Å². The van der Waals surface area contributed by atoms with Crippen LogP contribution in [-0.2, 0) is 0 Å². The fourth-order valence-electron chi connectivity index (χ4n) is 0.893. The molecule has 5 heteroatoms. The molecule has 0 saturated carbocycles. The molecule has 0 aromatic heterocycles. The first-order valence-electron chi connectivity index (χ1n) is 3.47. The lowest BCUT2D eigenvalue weighted by molar-refractivity contribution is 1.13. The summed E-state index contributed by atoms with van der Waals surface area (Å²) in [6.07, 6.45) is 1.00. The zero-order valence-electron chi connectivity index (χ0n) is 6.45. The summed E-state index contributed by atoms with van der Waals surface area (Å²) in [5.41, 5.74) is 11.3. The normalized spacial score (nSPS) is 27.4. The van der Waals surface area contributed by atoms with Crippen molar-refractivity contribution in [2.75, 3.05) is 5.75 Å². The van der Waals surface area contributed by atoms with Gasteiger partial charge in [-0.25, -0.2) is 0 Å². The Labute approximate surface area is 70.1 Å². The molecule has 0 radical (unpaired) electrons. The summed E-state index contributed by atoms with van der Waals surface area (Å²) in [7, 11) is 0. The SMILES string of the molecule is CC1SCC/C1=N\N=C(N)N. The van der Waals surface area contributed by atoms with Gasteiger partial charge in [-0.1, -0.05) is 0 Å². The van der Waals surface area contributed by atoms with Gasteiger partial charge in [0.2, 0.25) is 5.96 Å². The van der Waals surface area contributed by atoms with E-state index < -0.39 is 0 Å². The Balaban J connectivity index is 2.58. The molecule has 0 bridgehead atoms. The molecule has 0 aliphatic carbocycles. The summed E-state index contributed by atoms with van der Waals surface area (Å²) in [6.45, 7) is 2.11. The maximum atomic E-state index is 5.13. The van der Waals surface area contributed by atoms with E-state index in [9.17, 15) is 0 Å². The lowest BCUT2D eigenvalue weighted by atomic mass is 10.2. The number of nitrogens with zero attached hydrogens (tertiary/aromatic N) is 2. The smallest absolute Gasteiger partial charge is 0.211 e. The molecular formula is C6H12N4S. The Bertz CT molecular complexity index is 195. The molecule has 1 aliphatic heterocycles. The highest BCUT2D eigenvalue weighted by atomic mass is 32.2. The van der Waals surface area contributed by atoms with Gasteiger partial charge in [0.05, 0.1) is 5.71 Å². The minimum atomic E-state index is 0.0293. The molecule has 1 heterocycles. The van der Waals surface area contributed by atoms with Crippen molar-refractivity contribution in [1.82, 2.24) is 0 Å². The maximum absolute atomic E-state index is 5.13. The molecule has 1 atom stereocenters. The Kier molecular flexibility index (Phi) is 2.76. The average molecular weight is 172 g/mol. The van der Waals surface area contributed by atoms with Gasteiger partial charge in [-0.05, 0) is 19.1 Å². The highest BCUT2D eigenvalue weighted by Crippen LogP contribution is 2.23. The fraction of sp³-hybridized carbons (Fsp3) is 0.667. The summed E-state index contributed by atoms with van der Waals surface area (Å²) >= 11 is 1.88. The third-order valence-corrected chi connectivity index (χ3v) is 2.70. The minimum absolute atomic E-state index is 0.0293. The topological polar surface area (TPSA) is 76.8 Å². The number of guanidine groups is 1. The number of rotatable bonds is 1. The van der Waals surface area contributed by atoms with Crippen LogP contribution in [0, 0.1) is 0 Å². The molecule has 62 valence electrons. The van der Waals surface area contributed by atoms with Crippen LogP contribution >= 0.6 is 11.8 Å². The van der Waals surface area contributed by atoms with Crippen LogP contribution in [0.5, 0.6) is 0 Å². The zero-order chi connectivity index (χ0) is 8.27. The summed E-state index contributed by atoms with van der Waals surface area (Å²) in [5.74, 6) is 1.15. The molecule has 1 rings (SSSR count).